The number of amidine groups is 1. The average molecular weight is 284 g/mol. The van der Waals surface area contributed by atoms with Gasteiger partial charge in [0.15, 0.2) is 0 Å². The Bertz CT molecular complexity index is 718. The normalized spacial score (nSPS) is 16.9. The third kappa shape index (κ3) is 2.25. The fourth-order valence-corrected chi connectivity index (χ4v) is 2.67. The second kappa shape index (κ2) is 4.97. The molecule has 0 fully saturated rings. The maximum absolute atomic E-state index is 12.4. The maximum Gasteiger partial charge on any atom is 0.284 e. The lowest BCUT2D eigenvalue weighted by Crippen LogP contribution is -2.30. The predicted octanol–water partition coefficient (Wildman–Crippen LogP) is 2.65. The molecule has 0 saturated heterocycles. The van der Waals surface area contributed by atoms with E-state index in [2.05, 4.69) is 15.2 Å². The number of aromatic nitrogens is 2. The summed E-state index contributed by atoms with van der Waals surface area (Å²) >= 11 is 1.38. The number of hydrogen-bond donors (Lipinski definition) is 0. The Kier molecular flexibility index (Phi) is 3.15. The molecule has 0 N–H and O–H groups in total. The summed E-state index contributed by atoms with van der Waals surface area (Å²) in [6, 6.07) is 9.65. The third-order valence-electron chi connectivity index (χ3n) is 2.84. The number of aryl methyl sites for hydroxylation is 1. The third-order valence-corrected chi connectivity index (χ3v) is 3.66. The van der Waals surface area contributed by atoms with Gasteiger partial charge in [-0.25, -0.2) is 9.89 Å². The zero-order chi connectivity index (χ0) is 14.1. The highest BCUT2D eigenvalue weighted by Gasteiger charge is 2.31. The number of anilines is 1. The number of amides is 1. The van der Waals surface area contributed by atoms with Crippen molar-refractivity contribution in [1.82, 2.24) is 10.2 Å². The largest absolute Gasteiger partial charge is 0.284 e. The first kappa shape index (κ1) is 12.7. The van der Waals surface area contributed by atoms with Gasteiger partial charge in [0.2, 0.25) is 5.13 Å². The molecule has 0 saturated carbocycles. The molecule has 5 nitrogen and oxygen atoms in total. The van der Waals surface area contributed by atoms with Gasteiger partial charge < -0.3 is 0 Å². The first-order valence-corrected chi connectivity index (χ1v) is 6.93. The Labute approximate surface area is 120 Å². The summed E-state index contributed by atoms with van der Waals surface area (Å²) in [5.41, 5.74) is 1.37. The first-order chi connectivity index (χ1) is 9.65. The van der Waals surface area contributed by atoms with Crippen molar-refractivity contribution in [3.8, 4) is 0 Å². The van der Waals surface area contributed by atoms with Gasteiger partial charge in [-0.05, 0) is 25.5 Å². The van der Waals surface area contributed by atoms with E-state index in [0.29, 0.717) is 16.7 Å². The molecule has 0 unspecified atom stereocenters. The van der Waals surface area contributed by atoms with Crippen molar-refractivity contribution >= 4 is 34.3 Å². The molecule has 0 bridgehead atoms. The topological polar surface area (TPSA) is 58.5 Å². The fourth-order valence-electron chi connectivity index (χ4n) is 1.94. The minimum atomic E-state index is -0.164. The van der Waals surface area contributed by atoms with Crippen LogP contribution in [-0.4, -0.2) is 21.9 Å². The van der Waals surface area contributed by atoms with Crippen molar-refractivity contribution in [2.75, 3.05) is 4.90 Å². The summed E-state index contributed by atoms with van der Waals surface area (Å²) in [6.45, 7) is 3.65. The van der Waals surface area contributed by atoms with Crippen molar-refractivity contribution in [2.45, 2.75) is 13.8 Å². The number of nitrogens with zero attached hydrogens (tertiary/aromatic N) is 4. The van der Waals surface area contributed by atoms with Crippen LogP contribution in [0.3, 0.4) is 0 Å². The number of carbonyl (C=O) groups is 1. The molecule has 2 aromatic rings. The van der Waals surface area contributed by atoms with Crippen molar-refractivity contribution in [1.29, 1.82) is 0 Å². The van der Waals surface area contributed by atoms with E-state index in [-0.39, 0.29) is 5.91 Å². The van der Waals surface area contributed by atoms with E-state index in [1.165, 1.54) is 16.2 Å². The zero-order valence-electron chi connectivity index (χ0n) is 11.1. The molecule has 1 aliphatic heterocycles. The SMILES string of the molecule is CC1=N/C(=C\c2ccccc2)C(=O)N1c1nnc(C)s1. The van der Waals surface area contributed by atoms with Crippen LogP contribution < -0.4 is 4.90 Å². The second-order valence-corrected chi connectivity index (χ2v) is 5.50. The Balaban J connectivity index is 1.95. The quantitative estimate of drug-likeness (QED) is 0.797. The molecule has 0 atom stereocenters. The Morgan fingerprint density at radius 1 is 1.15 bits per heavy atom. The van der Waals surface area contributed by atoms with Gasteiger partial charge in [-0.15, -0.1) is 10.2 Å². The van der Waals surface area contributed by atoms with Gasteiger partial charge in [0.1, 0.15) is 16.5 Å². The molecule has 1 aliphatic rings. The van der Waals surface area contributed by atoms with Crippen molar-refractivity contribution in [2.24, 2.45) is 4.99 Å². The predicted molar refractivity (Wildman–Crippen MR) is 79.7 cm³/mol. The monoisotopic (exact) mass is 284 g/mol. The molecule has 1 aromatic heterocycles. The summed E-state index contributed by atoms with van der Waals surface area (Å²) in [5.74, 6) is 0.454. The standard InChI is InChI=1S/C14H12N4OS/c1-9-15-12(8-11-6-4-3-5-7-11)13(19)18(9)14-17-16-10(2)20-14/h3-8H,1-2H3/b12-8-. The van der Waals surface area contributed by atoms with Gasteiger partial charge in [0.05, 0.1) is 0 Å². The van der Waals surface area contributed by atoms with Crippen molar-refractivity contribution < 1.29 is 4.79 Å². The highest BCUT2D eigenvalue weighted by molar-refractivity contribution is 7.15. The van der Waals surface area contributed by atoms with Crippen LogP contribution in [0.15, 0.2) is 41.0 Å². The Hall–Kier alpha value is -2.34. The van der Waals surface area contributed by atoms with Crippen LogP contribution in [0.5, 0.6) is 0 Å². The maximum atomic E-state index is 12.4. The number of aliphatic imine (C=N–C) groups is 1. The summed E-state index contributed by atoms with van der Waals surface area (Å²) in [7, 11) is 0. The van der Waals surface area contributed by atoms with Crippen LogP contribution in [-0.2, 0) is 4.79 Å². The van der Waals surface area contributed by atoms with E-state index in [1.807, 2.05) is 37.3 Å². The van der Waals surface area contributed by atoms with E-state index < -0.39 is 0 Å². The molecule has 1 aromatic carbocycles. The summed E-state index contributed by atoms with van der Waals surface area (Å²) in [6.07, 6.45) is 1.78. The van der Waals surface area contributed by atoms with E-state index >= 15 is 0 Å². The van der Waals surface area contributed by atoms with Crippen molar-refractivity contribution in [3.63, 3.8) is 0 Å². The molecule has 0 radical (unpaired) electrons. The second-order valence-electron chi connectivity index (χ2n) is 4.34. The average Bonchev–Trinajstić information content (AvgIpc) is 2.96. The van der Waals surface area contributed by atoms with Gasteiger partial charge >= 0.3 is 0 Å². The minimum absolute atomic E-state index is 0.164. The molecule has 100 valence electrons. The molecular weight excluding hydrogens is 272 g/mol. The Morgan fingerprint density at radius 3 is 2.55 bits per heavy atom. The lowest BCUT2D eigenvalue weighted by atomic mass is 10.2. The summed E-state index contributed by atoms with van der Waals surface area (Å²) < 4.78 is 0. The fraction of sp³-hybridized carbons (Fsp3) is 0.143. The van der Waals surface area contributed by atoms with Crippen LogP contribution in [0.25, 0.3) is 6.08 Å². The van der Waals surface area contributed by atoms with Crippen LogP contribution in [0.4, 0.5) is 5.13 Å². The molecule has 3 rings (SSSR count). The van der Waals surface area contributed by atoms with Gasteiger partial charge in [-0.1, -0.05) is 41.7 Å². The summed E-state index contributed by atoms with van der Waals surface area (Å²) in [4.78, 5) is 18.2. The number of hydrogen-bond acceptors (Lipinski definition) is 5. The molecule has 20 heavy (non-hydrogen) atoms. The number of carbonyl (C=O) groups excluding carboxylic acids is 1. The number of rotatable bonds is 2. The lowest BCUT2D eigenvalue weighted by molar-refractivity contribution is -0.113. The zero-order valence-corrected chi connectivity index (χ0v) is 11.9. The van der Waals surface area contributed by atoms with Crippen molar-refractivity contribution in [3.05, 3.63) is 46.6 Å². The lowest BCUT2D eigenvalue weighted by Gasteiger charge is -2.10. The molecule has 6 heteroatoms. The molecule has 2 heterocycles. The number of benzene rings is 1. The van der Waals surface area contributed by atoms with Gasteiger partial charge in [-0.3, -0.25) is 4.79 Å². The molecular formula is C14H12N4OS. The van der Waals surface area contributed by atoms with Gasteiger partial charge in [-0.2, -0.15) is 0 Å². The van der Waals surface area contributed by atoms with E-state index in [9.17, 15) is 4.79 Å². The van der Waals surface area contributed by atoms with Crippen LogP contribution in [0, 0.1) is 6.92 Å². The first-order valence-electron chi connectivity index (χ1n) is 6.12. The van der Waals surface area contributed by atoms with E-state index in [0.717, 1.165) is 10.6 Å². The minimum Gasteiger partial charge on any atom is -0.266 e. The van der Waals surface area contributed by atoms with E-state index in [4.69, 9.17) is 0 Å². The smallest absolute Gasteiger partial charge is 0.266 e. The highest BCUT2D eigenvalue weighted by Crippen LogP contribution is 2.27. The van der Waals surface area contributed by atoms with Crippen LogP contribution in [0.2, 0.25) is 0 Å². The Morgan fingerprint density at radius 2 is 1.90 bits per heavy atom. The molecule has 1 amide bonds. The molecule has 0 aliphatic carbocycles. The van der Waals surface area contributed by atoms with Gasteiger partial charge in [0, 0.05) is 0 Å². The van der Waals surface area contributed by atoms with E-state index in [1.54, 1.807) is 13.0 Å². The van der Waals surface area contributed by atoms with Crippen LogP contribution in [0.1, 0.15) is 17.5 Å². The van der Waals surface area contributed by atoms with Crippen LogP contribution >= 0.6 is 11.3 Å². The highest BCUT2D eigenvalue weighted by atomic mass is 32.1. The van der Waals surface area contributed by atoms with Gasteiger partial charge in [0.25, 0.3) is 5.91 Å². The molecule has 0 spiro atoms. The summed E-state index contributed by atoms with van der Waals surface area (Å²) in [5, 5.41) is 9.33.